The lowest BCUT2D eigenvalue weighted by Crippen LogP contribution is -1.87. The van der Waals surface area contributed by atoms with Gasteiger partial charge in [-0.2, -0.15) is 0 Å². The van der Waals surface area contributed by atoms with Crippen LogP contribution in [0.1, 0.15) is 5.69 Å². The lowest BCUT2D eigenvalue weighted by Gasteiger charge is -1.92. The van der Waals surface area contributed by atoms with Gasteiger partial charge in [-0.1, -0.05) is 0 Å². The summed E-state index contributed by atoms with van der Waals surface area (Å²) >= 11 is 2.32. The molecule has 0 fully saturated rings. The normalized spacial score (nSPS) is 9.88. The number of halogens is 1. The topological polar surface area (TPSA) is 4.93 Å². The summed E-state index contributed by atoms with van der Waals surface area (Å²) in [5, 5.41) is 0. The zero-order valence-electron chi connectivity index (χ0n) is 4.98. The second-order valence-electron chi connectivity index (χ2n) is 1.86. The van der Waals surface area contributed by atoms with Crippen molar-refractivity contribution in [2.45, 2.75) is 6.92 Å². The predicted octanol–water partition coefficient (Wildman–Crippen LogP) is 1.94. The number of hydrogen-bond acceptors (Lipinski definition) is 0. The standard InChI is InChI=1S/C6H8IN/c1-5-6(7)3-4-8(5)2/h3-4H,1-2H3. The van der Waals surface area contributed by atoms with Gasteiger partial charge in [0, 0.05) is 22.5 Å². The average molecular weight is 221 g/mol. The molecule has 0 aliphatic rings. The molecular formula is C6H8IN. The molecule has 0 aliphatic carbocycles. The number of nitrogens with zero attached hydrogens (tertiary/aromatic N) is 1. The Hall–Kier alpha value is 0.01000. The summed E-state index contributed by atoms with van der Waals surface area (Å²) < 4.78 is 3.45. The maximum absolute atomic E-state index is 2.32. The fourth-order valence-electron chi connectivity index (χ4n) is 0.578. The summed E-state index contributed by atoms with van der Waals surface area (Å²) in [6, 6.07) is 2.11. The van der Waals surface area contributed by atoms with Crippen LogP contribution in [0.15, 0.2) is 12.3 Å². The smallest absolute Gasteiger partial charge is 0.0336 e. The van der Waals surface area contributed by atoms with E-state index in [1.54, 1.807) is 0 Å². The second-order valence-corrected chi connectivity index (χ2v) is 3.02. The Morgan fingerprint density at radius 3 is 2.38 bits per heavy atom. The van der Waals surface area contributed by atoms with Crippen LogP contribution in [0.4, 0.5) is 0 Å². The van der Waals surface area contributed by atoms with Gasteiger partial charge in [-0.25, -0.2) is 0 Å². The van der Waals surface area contributed by atoms with E-state index in [0.29, 0.717) is 0 Å². The highest BCUT2D eigenvalue weighted by atomic mass is 127. The van der Waals surface area contributed by atoms with E-state index in [-0.39, 0.29) is 0 Å². The SMILES string of the molecule is Cc1c(I)ccn1C. The van der Waals surface area contributed by atoms with Gasteiger partial charge >= 0.3 is 0 Å². The van der Waals surface area contributed by atoms with Crippen molar-refractivity contribution in [3.8, 4) is 0 Å². The minimum absolute atomic E-state index is 1.34. The molecule has 1 heterocycles. The molecule has 0 amide bonds. The molecule has 44 valence electrons. The fourth-order valence-corrected chi connectivity index (χ4v) is 1.12. The monoisotopic (exact) mass is 221 g/mol. The van der Waals surface area contributed by atoms with Gasteiger partial charge in [0.2, 0.25) is 0 Å². The van der Waals surface area contributed by atoms with Crippen molar-refractivity contribution in [3.63, 3.8) is 0 Å². The summed E-state index contributed by atoms with van der Waals surface area (Å²) in [7, 11) is 2.05. The van der Waals surface area contributed by atoms with Crippen LogP contribution in [0.5, 0.6) is 0 Å². The van der Waals surface area contributed by atoms with Gasteiger partial charge in [0.25, 0.3) is 0 Å². The maximum Gasteiger partial charge on any atom is 0.0336 e. The molecule has 0 aromatic carbocycles. The van der Waals surface area contributed by atoms with Crippen LogP contribution in [0.3, 0.4) is 0 Å². The van der Waals surface area contributed by atoms with Gasteiger partial charge in [-0.05, 0) is 35.6 Å². The molecule has 1 rings (SSSR count). The summed E-state index contributed by atoms with van der Waals surface area (Å²) in [5.74, 6) is 0. The highest BCUT2D eigenvalue weighted by Crippen LogP contribution is 2.09. The van der Waals surface area contributed by atoms with Gasteiger partial charge in [0.1, 0.15) is 0 Å². The van der Waals surface area contributed by atoms with Crippen LogP contribution in [0, 0.1) is 10.5 Å². The lowest BCUT2D eigenvalue weighted by atomic mass is 10.5. The van der Waals surface area contributed by atoms with E-state index in [0.717, 1.165) is 0 Å². The van der Waals surface area contributed by atoms with Crippen molar-refractivity contribution in [2.75, 3.05) is 0 Å². The molecule has 0 spiro atoms. The molecule has 0 saturated heterocycles. The van der Waals surface area contributed by atoms with E-state index in [1.165, 1.54) is 9.26 Å². The molecule has 0 radical (unpaired) electrons. The molecule has 0 atom stereocenters. The number of aromatic nitrogens is 1. The van der Waals surface area contributed by atoms with Gasteiger partial charge in [0.05, 0.1) is 0 Å². The molecule has 0 N–H and O–H groups in total. The zero-order valence-corrected chi connectivity index (χ0v) is 7.14. The van der Waals surface area contributed by atoms with Crippen molar-refractivity contribution < 1.29 is 0 Å². The second kappa shape index (κ2) is 2.09. The minimum atomic E-state index is 1.34. The van der Waals surface area contributed by atoms with E-state index in [9.17, 15) is 0 Å². The van der Waals surface area contributed by atoms with E-state index in [4.69, 9.17) is 0 Å². The summed E-state index contributed by atoms with van der Waals surface area (Å²) in [6.45, 7) is 2.11. The first-order valence-corrected chi connectivity index (χ1v) is 3.57. The molecule has 0 unspecified atom stereocenters. The van der Waals surface area contributed by atoms with Crippen LogP contribution in [0.2, 0.25) is 0 Å². The van der Waals surface area contributed by atoms with Crippen molar-refractivity contribution in [3.05, 3.63) is 21.5 Å². The van der Waals surface area contributed by atoms with E-state index < -0.39 is 0 Å². The molecule has 8 heavy (non-hydrogen) atoms. The van der Waals surface area contributed by atoms with Gasteiger partial charge < -0.3 is 4.57 Å². The van der Waals surface area contributed by atoms with Crippen molar-refractivity contribution in [2.24, 2.45) is 7.05 Å². The largest absolute Gasteiger partial charge is 0.354 e. The number of hydrogen-bond donors (Lipinski definition) is 0. The number of aryl methyl sites for hydroxylation is 1. The van der Waals surface area contributed by atoms with Gasteiger partial charge in [-0.3, -0.25) is 0 Å². The summed E-state index contributed by atoms with van der Waals surface area (Å²) in [4.78, 5) is 0. The van der Waals surface area contributed by atoms with Crippen LogP contribution in [-0.2, 0) is 7.05 Å². The third kappa shape index (κ3) is 0.891. The Bertz CT molecular complexity index is 171. The Labute approximate surface area is 62.8 Å². The molecule has 1 aromatic heterocycles. The lowest BCUT2D eigenvalue weighted by molar-refractivity contribution is 0.879. The number of rotatable bonds is 0. The Morgan fingerprint density at radius 1 is 1.62 bits per heavy atom. The highest BCUT2D eigenvalue weighted by molar-refractivity contribution is 14.1. The molecule has 1 nitrogen and oxygen atoms in total. The first-order chi connectivity index (χ1) is 3.72. The van der Waals surface area contributed by atoms with Gasteiger partial charge in [-0.15, -0.1) is 0 Å². The molecule has 0 bridgehead atoms. The minimum Gasteiger partial charge on any atom is -0.354 e. The molecule has 1 aromatic rings. The Kier molecular flexibility index (Phi) is 1.60. The Balaban J connectivity index is 3.19. The first kappa shape index (κ1) is 6.13. The summed E-state index contributed by atoms with van der Waals surface area (Å²) in [6.07, 6.45) is 2.07. The molecular weight excluding hydrogens is 213 g/mol. The predicted molar refractivity (Wildman–Crippen MR) is 42.9 cm³/mol. The zero-order chi connectivity index (χ0) is 6.15. The highest BCUT2D eigenvalue weighted by Gasteiger charge is 1.93. The van der Waals surface area contributed by atoms with Gasteiger partial charge in [0.15, 0.2) is 0 Å². The van der Waals surface area contributed by atoms with Crippen molar-refractivity contribution >= 4 is 22.6 Å². The third-order valence-corrected chi connectivity index (χ3v) is 2.46. The fraction of sp³-hybridized carbons (Fsp3) is 0.333. The van der Waals surface area contributed by atoms with E-state index in [2.05, 4.69) is 53.4 Å². The maximum atomic E-state index is 2.32. The average Bonchev–Trinajstić information content (AvgIpc) is 1.98. The molecule has 0 aliphatic heterocycles. The first-order valence-electron chi connectivity index (χ1n) is 2.49. The van der Waals surface area contributed by atoms with Crippen LogP contribution in [-0.4, -0.2) is 4.57 Å². The van der Waals surface area contributed by atoms with Crippen molar-refractivity contribution in [1.29, 1.82) is 0 Å². The van der Waals surface area contributed by atoms with Crippen LogP contribution in [0.25, 0.3) is 0 Å². The van der Waals surface area contributed by atoms with E-state index in [1.807, 2.05) is 0 Å². The molecule has 0 saturated carbocycles. The van der Waals surface area contributed by atoms with Crippen LogP contribution < -0.4 is 0 Å². The quantitative estimate of drug-likeness (QED) is 0.590. The summed E-state index contributed by atoms with van der Waals surface area (Å²) in [5.41, 5.74) is 1.34. The van der Waals surface area contributed by atoms with Crippen molar-refractivity contribution in [1.82, 2.24) is 4.57 Å². The third-order valence-electron chi connectivity index (χ3n) is 1.32. The molecule has 2 heteroatoms. The van der Waals surface area contributed by atoms with E-state index >= 15 is 0 Å². The Morgan fingerprint density at radius 2 is 2.25 bits per heavy atom. The van der Waals surface area contributed by atoms with Crippen LogP contribution >= 0.6 is 22.6 Å².